The van der Waals surface area contributed by atoms with Crippen molar-refractivity contribution in [2.45, 2.75) is 56.5 Å². The monoisotopic (exact) mass is 337 g/mol. The lowest BCUT2D eigenvalue weighted by atomic mass is 9.89. The van der Waals surface area contributed by atoms with Gasteiger partial charge in [0, 0.05) is 13.3 Å². The molecule has 1 aliphatic rings. The molecule has 0 aliphatic carbocycles. The second-order valence-corrected chi connectivity index (χ2v) is 5.64. The molecule has 1 fully saturated rings. The molecule has 0 aromatic heterocycles. The molecule has 1 heterocycles. The van der Waals surface area contributed by atoms with Crippen LogP contribution in [0.15, 0.2) is 0 Å². The molecule has 0 aromatic rings. The summed E-state index contributed by atoms with van der Waals surface area (Å²) in [5.74, 6) is -3.30. The van der Waals surface area contributed by atoms with E-state index >= 15 is 0 Å². The lowest BCUT2D eigenvalue weighted by Crippen LogP contribution is -2.65. The minimum absolute atomic E-state index is 0.257. The summed E-state index contributed by atoms with van der Waals surface area (Å²) in [7, 11) is 0. The van der Waals surface area contributed by atoms with Gasteiger partial charge >= 0.3 is 5.97 Å². The highest BCUT2D eigenvalue weighted by atomic mass is 16.6. The Morgan fingerprint density at radius 2 is 2.04 bits per heavy atom. The van der Waals surface area contributed by atoms with Gasteiger partial charge in [-0.2, -0.15) is 0 Å². The van der Waals surface area contributed by atoms with Gasteiger partial charge in [-0.25, -0.2) is 0 Å². The van der Waals surface area contributed by atoms with E-state index in [4.69, 9.17) is 9.84 Å². The van der Waals surface area contributed by atoms with Crippen molar-refractivity contribution in [2.24, 2.45) is 0 Å². The zero-order chi connectivity index (χ0) is 17.8. The van der Waals surface area contributed by atoms with Crippen molar-refractivity contribution in [3.05, 3.63) is 0 Å². The first-order chi connectivity index (χ1) is 10.6. The van der Waals surface area contributed by atoms with E-state index in [1.54, 1.807) is 0 Å². The fourth-order valence-corrected chi connectivity index (χ4v) is 2.36. The van der Waals surface area contributed by atoms with Gasteiger partial charge in [0.2, 0.25) is 5.91 Å². The molecule has 6 N–H and O–H groups in total. The summed E-state index contributed by atoms with van der Waals surface area (Å²) < 4.78 is 9.82. The van der Waals surface area contributed by atoms with Crippen LogP contribution in [-0.2, 0) is 19.1 Å². The third-order valence-corrected chi connectivity index (χ3v) is 3.41. The average molecular weight is 337 g/mol. The number of rotatable bonds is 6. The first kappa shape index (κ1) is 19.7. The molecule has 0 bridgehead atoms. The number of hydrogen-bond acceptors (Lipinski definition) is 9. The summed E-state index contributed by atoms with van der Waals surface area (Å²) in [5, 5.41) is 51.0. The molecule has 0 spiro atoms. The number of aliphatic hydroxyl groups is 5. The van der Waals surface area contributed by atoms with Gasteiger partial charge in [-0.05, 0) is 6.92 Å². The van der Waals surface area contributed by atoms with Gasteiger partial charge < -0.3 is 40.3 Å². The van der Waals surface area contributed by atoms with Crippen LogP contribution in [-0.4, -0.2) is 86.9 Å². The van der Waals surface area contributed by atoms with Crippen LogP contribution >= 0.6 is 0 Å². The number of hydrogen-bond donors (Lipinski definition) is 6. The molecule has 0 saturated carbocycles. The summed E-state index contributed by atoms with van der Waals surface area (Å²) >= 11 is 0. The van der Waals surface area contributed by atoms with Crippen LogP contribution in [0.3, 0.4) is 0 Å². The van der Waals surface area contributed by atoms with Crippen molar-refractivity contribution in [2.75, 3.05) is 13.2 Å². The molecule has 23 heavy (non-hydrogen) atoms. The Morgan fingerprint density at radius 3 is 2.57 bits per heavy atom. The molecule has 1 rings (SSSR count). The van der Waals surface area contributed by atoms with E-state index in [1.807, 2.05) is 0 Å². The molecule has 1 aliphatic heterocycles. The van der Waals surface area contributed by atoms with E-state index < -0.39 is 61.3 Å². The highest BCUT2D eigenvalue weighted by Gasteiger charge is 2.48. The third kappa shape index (κ3) is 5.68. The lowest BCUT2D eigenvalue weighted by Gasteiger charge is -2.45. The number of esters is 1. The van der Waals surface area contributed by atoms with E-state index in [0.29, 0.717) is 0 Å². The average Bonchev–Trinajstić information content (AvgIpc) is 2.45. The van der Waals surface area contributed by atoms with E-state index in [2.05, 4.69) is 10.1 Å². The Morgan fingerprint density at radius 1 is 1.43 bits per heavy atom. The Hall–Kier alpha value is -1.30. The van der Waals surface area contributed by atoms with E-state index in [0.717, 1.165) is 6.92 Å². The van der Waals surface area contributed by atoms with Gasteiger partial charge in [0.05, 0.1) is 12.1 Å². The molecule has 1 saturated heterocycles. The van der Waals surface area contributed by atoms with Crippen LogP contribution in [0.25, 0.3) is 0 Å². The largest absolute Gasteiger partial charge is 0.463 e. The number of carbonyl (C=O) groups excluding carboxylic acids is 2. The summed E-state index contributed by atoms with van der Waals surface area (Å²) in [6.07, 6.45) is -6.20. The quantitative estimate of drug-likeness (QED) is 0.271. The van der Waals surface area contributed by atoms with E-state index in [1.165, 1.54) is 6.92 Å². The van der Waals surface area contributed by atoms with Gasteiger partial charge in [-0.15, -0.1) is 0 Å². The number of aliphatic hydroxyl groups excluding tert-OH is 4. The standard InChI is InChI=1S/C13H23NO9/c1-6(16)22-5-8(18)11(20)12-10(14-9(19)4-15)7(17)3-13(2,21)23-12/h7-8,10-12,15,17-18,20-21H,3-5H2,1-2H3,(H,14,19)/t7-,8+,10+,11+,12+,13+/m0/s1. The molecule has 6 atom stereocenters. The summed E-state index contributed by atoms with van der Waals surface area (Å²) in [5.41, 5.74) is 0. The number of carbonyl (C=O) groups is 2. The lowest BCUT2D eigenvalue weighted by molar-refractivity contribution is -0.292. The predicted molar refractivity (Wildman–Crippen MR) is 73.8 cm³/mol. The molecule has 10 heteroatoms. The van der Waals surface area contributed by atoms with Crippen LogP contribution in [0.1, 0.15) is 20.3 Å². The second-order valence-electron chi connectivity index (χ2n) is 5.64. The molecule has 0 unspecified atom stereocenters. The first-order valence-electron chi connectivity index (χ1n) is 7.05. The fraction of sp³-hybridized carbons (Fsp3) is 0.846. The zero-order valence-corrected chi connectivity index (χ0v) is 12.9. The predicted octanol–water partition coefficient (Wildman–Crippen LogP) is -3.39. The molecule has 134 valence electrons. The minimum Gasteiger partial charge on any atom is -0.463 e. The van der Waals surface area contributed by atoms with Gasteiger partial charge in [0.1, 0.15) is 31.5 Å². The summed E-state index contributed by atoms with van der Waals surface area (Å²) in [6, 6.07) is -1.18. The molecule has 1 amide bonds. The topological polar surface area (TPSA) is 166 Å². The SMILES string of the molecule is CC(=O)OC[C@@H](O)[C@@H](O)[C@@H]1O[C@@](C)(O)C[C@H](O)[C@H]1NC(=O)CO. The normalized spacial score (nSPS) is 33.6. The van der Waals surface area contributed by atoms with E-state index in [-0.39, 0.29) is 6.42 Å². The van der Waals surface area contributed by atoms with Gasteiger partial charge in [-0.1, -0.05) is 0 Å². The molecular formula is C13H23NO9. The number of amides is 1. The van der Waals surface area contributed by atoms with Crippen LogP contribution < -0.4 is 5.32 Å². The molecule has 0 radical (unpaired) electrons. The van der Waals surface area contributed by atoms with Gasteiger partial charge in [0.15, 0.2) is 5.79 Å². The van der Waals surface area contributed by atoms with Crippen molar-refractivity contribution in [3.63, 3.8) is 0 Å². The van der Waals surface area contributed by atoms with Crippen molar-refractivity contribution >= 4 is 11.9 Å². The Bertz CT molecular complexity index is 428. The maximum atomic E-state index is 11.3. The van der Waals surface area contributed by atoms with Gasteiger partial charge in [0.25, 0.3) is 0 Å². The van der Waals surface area contributed by atoms with E-state index in [9.17, 15) is 30.0 Å². The molecule has 10 nitrogen and oxygen atoms in total. The van der Waals surface area contributed by atoms with Crippen molar-refractivity contribution in [1.82, 2.24) is 5.32 Å². The van der Waals surface area contributed by atoms with Crippen LogP contribution in [0.5, 0.6) is 0 Å². The molecule has 0 aromatic carbocycles. The maximum absolute atomic E-state index is 11.3. The van der Waals surface area contributed by atoms with Crippen LogP contribution in [0.2, 0.25) is 0 Å². The summed E-state index contributed by atoms with van der Waals surface area (Å²) in [4.78, 5) is 22.1. The maximum Gasteiger partial charge on any atom is 0.302 e. The minimum atomic E-state index is -1.80. The zero-order valence-electron chi connectivity index (χ0n) is 12.9. The highest BCUT2D eigenvalue weighted by Crippen LogP contribution is 2.29. The highest BCUT2D eigenvalue weighted by molar-refractivity contribution is 5.77. The van der Waals surface area contributed by atoms with Crippen LogP contribution in [0, 0.1) is 0 Å². The number of nitrogens with one attached hydrogen (secondary N) is 1. The van der Waals surface area contributed by atoms with Gasteiger partial charge in [-0.3, -0.25) is 9.59 Å². The Labute approximate surface area is 132 Å². The fourth-order valence-electron chi connectivity index (χ4n) is 2.36. The second kappa shape index (κ2) is 7.99. The van der Waals surface area contributed by atoms with Crippen molar-refractivity contribution < 1.29 is 44.6 Å². The first-order valence-corrected chi connectivity index (χ1v) is 7.05. The Balaban J connectivity index is 2.88. The van der Waals surface area contributed by atoms with Crippen molar-refractivity contribution in [3.8, 4) is 0 Å². The van der Waals surface area contributed by atoms with Crippen LogP contribution in [0.4, 0.5) is 0 Å². The summed E-state index contributed by atoms with van der Waals surface area (Å²) in [6.45, 7) is 0.987. The third-order valence-electron chi connectivity index (χ3n) is 3.41. The number of ether oxygens (including phenoxy) is 2. The molecular weight excluding hydrogens is 314 g/mol. The smallest absolute Gasteiger partial charge is 0.302 e. The Kier molecular flexibility index (Phi) is 6.86. The van der Waals surface area contributed by atoms with Crippen molar-refractivity contribution in [1.29, 1.82) is 0 Å².